The van der Waals surface area contributed by atoms with Gasteiger partial charge in [-0.3, -0.25) is 4.79 Å². The molecule has 1 fully saturated rings. The highest BCUT2D eigenvalue weighted by Crippen LogP contribution is 2.46. The Morgan fingerprint density at radius 3 is 2.70 bits per heavy atom. The molecule has 0 radical (unpaired) electrons. The molecule has 0 saturated carbocycles. The summed E-state index contributed by atoms with van der Waals surface area (Å²) >= 11 is 1.53. The van der Waals surface area contributed by atoms with Gasteiger partial charge in [-0.25, -0.2) is 9.79 Å². The van der Waals surface area contributed by atoms with Crippen LogP contribution in [-0.2, 0) is 14.3 Å². The predicted molar refractivity (Wildman–Crippen MR) is 133 cm³/mol. The lowest BCUT2D eigenvalue weighted by Crippen LogP contribution is -2.43. The number of nitrogens with zero attached hydrogens (tertiary/aromatic N) is 3. The summed E-state index contributed by atoms with van der Waals surface area (Å²) in [6, 6.07) is 6.19. The van der Waals surface area contributed by atoms with Crippen molar-refractivity contribution in [1.82, 2.24) is 9.80 Å². The van der Waals surface area contributed by atoms with Crippen molar-refractivity contribution in [1.29, 1.82) is 0 Å². The molecule has 0 aliphatic carbocycles. The number of likely N-dealkylation sites (tertiary alicyclic amines) is 1. The van der Waals surface area contributed by atoms with Gasteiger partial charge in [0, 0.05) is 18.3 Å². The lowest BCUT2D eigenvalue weighted by Gasteiger charge is -2.38. The summed E-state index contributed by atoms with van der Waals surface area (Å²) in [5.41, 5.74) is 5.50. The minimum absolute atomic E-state index is 0.138. The maximum absolute atomic E-state index is 13.3. The molecule has 3 aliphatic rings. The Balaban J connectivity index is 1.75. The molecule has 3 heterocycles. The molecule has 0 aromatic heterocycles. The van der Waals surface area contributed by atoms with Gasteiger partial charge in [-0.05, 0) is 63.0 Å². The van der Waals surface area contributed by atoms with E-state index in [2.05, 4.69) is 43.9 Å². The third kappa shape index (κ3) is 4.47. The zero-order chi connectivity index (χ0) is 23.7. The van der Waals surface area contributed by atoms with E-state index < -0.39 is 0 Å². The molecule has 0 unspecified atom stereocenters. The number of benzene rings is 1. The first kappa shape index (κ1) is 23.6. The van der Waals surface area contributed by atoms with Gasteiger partial charge in [0.25, 0.3) is 0 Å². The molecule has 7 heteroatoms. The Morgan fingerprint density at radius 2 is 2.03 bits per heavy atom. The van der Waals surface area contributed by atoms with Gasteiger partial charge in [0.1, 0.15) is 0 Å². The molecule has 1 aromatic rings. The van der Waals surface area contributed by atoms with Crippen molar-refractivity contribution in [2.45, 2.75) is 71.9 Å². The largest absolute Gasteiger partial charge is 0.466 e. The number of esters is 1. The van der Waals surface area contributed by atoms with E-state index in [9.17, 15) is 9.59 Å². The number of amides is 1. The van der Waals surface area contributed by atoms with Crippen LogP contribution in [0.4, 0.5) is 0 Å². The van der Waals surface area contributed by atoms with E-state index in [4.69, 9.17) is 9.73 Å². The number of carbonyl (C=O) groups excluding carboxylic acids is 2. The van der Waals surface area contributed by atoms with E-state index in [1.165, 1.54) is 30.9 Å². The standard InChI is InChI=1S/C26H33N3O3S/c1-6-21-23(25(31)32-5)24(20-11-10-16(2)13-17(20)3)29-19(15-33-26(29)27-21)14-22(30)28-12-8-7-9-18(28)4/h10-11,13,15,18,24H,6-9,12,14H2,1-5H3/t18-,24+/m1/s1. The van der Waals surface area contributed by atoms with Crippen molar-refractivity contribution in [3.05, 3.63) is 57.3 Å². The van der Waals surface area contributed by atoms with Crippen LogP contribution in [0.3, 0.4) is 0 Å². The lowest BCUT2D eigenvalue weighted by atomic mass is 9.89. The molecule has 6 nitrogen and oxygen atoms in total. The summed E-state index contributed by atoms with van der Waals surface area (Å²) < 4.78 is 5.22. The number of aryl methyl sites for hydroxylation is 2. The van der Waals surface area contributed by atoms with Gasteiger partial charge in [-0.2, -0.15) is 0 Å². The quantitative estimate of drug-likeness (QED) is 0.555. The number of hydrogen-bond donors (Lipinski definition) is 0. The normalized spacial score (nSPS) is 22.7. The van der Waals surface area contributed by atoms with Crippen molar-refractivity contribution in [2.75, 3.05) is 13.7 Å². The van der Waals surface area contributed by atoms with E-state index in [-0.39, 0.29) is 24.0 Å². The Bertz CT molecular complexity index is 1060. The van der Waals surface area contributed by atoms with Gasteiger partial charge >= 0.3 is 5.97 Å². The first-order chi connectivity index (χ1) is 15.8. The number of hydrogen-bond acceptors (Lipinski definition) is 6. The summed E-state index contributed by atoms with van der Waals surface area (Å²) in [5, 5.41) is 2.84. The number of rotatable bonds is 5. The summed E-state index contributed by atoms with van der Waals surface area (Å²) in [7, 11) is 1.41. The molecule has 0 bridgehead atoms. The number of thioether (sulfide) groups is 1. The van der Waals surface area contributed by atoms with Crippen LogP contribution in [0.1, 0.15) is 68.7 Å². The minimum Gasteiger partial charge on any atom is -0.466 e. The molecule has 2 atom stereocenters. The first-order valence-corrected chi connectivity index (χ1v) is 12.6. The highest BCUT2D eigenvalue weighted by atomic mass is 32.2. The smallest absolute Gasteiger partial charge is 0.338 e. The Hall–Kier alpha value is -2.54. The molecule has 176 valence electrons. The molecule has 0 spiro atoms. The second kappa shape index (κ2) is 9.75. The fourth-order valence-corrected chi connectivity index (χ4v) is 6.00. The van der Waals surface area contributed by atoms with Crippen molar-refractivity contribution >= 4 is 28.8 Å². The molecule has 0 N–H and O–H groups in total. The Kier molecular flexibility index (Phi) is 6.98. The van der Waals surface area contributed by atoms with Crippen molar-refractivity contribution < 1.29 is 14.3 Å². The molecule has 1 saturated heterocycles. The lowest BCUT2D eigenvalue weighted by molar-refractivity contribution is -0.136. The number of amidine groups is 1. The van der Waals surface area contributed by atoms with Crippen LogP contribution in [0.15, 0.2) is 45.6 Å². The number of allylic oxidation sites excluding steroid dienone is 1. The molecule has 1 aromatic carbocycles. The van der Waals surface area contributed by atoms with Crippen LogP contribution in [0.5, 0.6) is 0 Å². The monoisotopic (exact) mass is 467 g/mol. The van der Waals surface area contributed by atoms with Gasteiger partial charge < -0.3 is 14.5 Å². The Morgan fingerprint density at radius 1 is 1.24 bits per heavy atom. The maximum atomic E-state index is 13.3. The van der Waals surface area contributed by atoms with E-state index in [1.54, 1.807) is 0 Å². The summed E-state index contributed by atoms with van der Waals surface area (Å²) in [4.78, 5) is 35.2. The number of fused-ring (bicyclic) bond motifs is 1. The zero-order valence-electron chi connectivity index (χ0n) is 20.2. The second-order valence-corrected chi connectivity index (χ2v) is 9.90. The molecule has 1 amide bonds. The number of aliphatic imine (C=N–C) groups is 1. The molecule has 4 rings (SSSR count). The van der Waals surface area contributed by atoms with Crippen LogP contribution in [-0.4, -0.2) is 46.5 Å². The zero-order valence-corrected chi connectivity index (χ0v) is 21.0. The summed E-state index contributed by atoms with van der Waals surface area (Å²) in [5.74, 6) is -0.230. The molecular formula is C26H33N3O3S. The van der Waals surface area contributed by atoms with Gasteiger partial charge in [-0.1, -0.05) is 42.4 Å². The second-order valence-electron chi connectivity index (χ2n) is 9.07. The van der Waals surface area contributed by atoms with Crippen LogP contribution in [0.25, 0.3) is 0 Å². The first-order valence-electron chi connectivity index (χ1n) is 11.8. The van der Waals surface area contributed by atoms with Gasteiger partial charge in [-0.15, -0.1) is 0 Å². The van der Waals surface area contributed by atoms with E-state index >= 15 is 0 Å². The summed E-state index contributed by atoms with van der Waals surface area (Å²) in [6.45, 7) is 9.09. The van der Waals surface area contributed by atoms with Crippen molar-refractivity contribution in [2.24, 2.45) is 4.99 Å². The number of methoxy groups -OCH3 is 1. The summed E-state index contributed by atoms with van der Waals surface area (Å²) in [6.07, 6.45) is 4.21. The van der Waals surface area contributed by atoms with Gasteiger partial charge in [0.05, 0.1) is 30.8 Å². The van der Waals surface area contributed by atoms with Crippen LogP contribution in [0.2, 0.25) is 0 Å². The van der Waals surface area contributed by atoms with E-state index in [0.717, 1.165) is 47.1 Å². The highest BCUT2D eigenvalue weighted by molar-refractivity contribution is 8.16. The highest BCUT2D eigenvalue weighted by Gasteiger charge is 2.42. The van der Waals surface area contributed by atoms with E-state index in [1.807, 2.05) is 17.2 Å². The topological polar surface area (TPSA) is 62.2 Å². The maximum Gasteiger partial charge on any atom is 0.338 e. The third-order valence-electron chi connectivity index (χ3n) is 6.80. The van der Waals surface area contributed by atoms with Gasteiger partial charge in [0.15, 0.2) is 5.17 Å². The number of ether oxygens (including phenoxy) is 1. The van der Waals surface area contributed by atoms with Crippen molar-refractivity contribution in [3.63, 3.8) is 0 Å². The van der Waals surface area contributed by atoms with Crippen LogP contribution >= 0.6 is 11.8 Å². The molecular weight excluding hydrogens is 434 g/mol. The fraction of sp³-hybridized carbons (Fsp3) is 0.500. The SMILES string of the molecule is CCC1=C(C(=O)OC)[C@H](c2ccc(C)cc2C)N2C(CC(=O)N3CCCC[C@H]3C)=CSC2=N1. The third-order valence-corrected chi connectivity index (χ3v) is 7.69. The number of piperidine rings is 1. The van der Waals surface area contributed by atoms with E-state index in [0.29, 0.717) is 18.4 Å². The minimum atomic E-state index is -0.369. The molecule has 3 aliphatic heterocycles. The predicted octanol–water partition coefficient (Wildman–Crippen LogP) is 5.23. The average Bonchev–Trinajstić information content (AvgIpc) is 3.20. The van der Waals surface area contributed by atoms with Crippen LogP contribution in [0, 0.1) is 13.8 Å². The van der Waals surface area contributed by atoms with Crippen molar-refractivity contribution in [3.8, 4) is 0 Å². The Labute approximate surface area is 200 Å². The van der Waals surface area contributed by atoms with Crippen LogP contribution < -0.4 is 0 Å². The molecule has 33 heavy (non-hydrogen) atoms. The average molecular weight is 468 g/mol. The van der Waals surface area contributed by atoms with Gasteiger partial charge in [0.2, 0.25) is 5.91 Å². The fourth-order valence-electron chi connectivity index (χ4n) is 5.06. The number of carbonyl (C=O) groups is 2.